The number of carbonyl (C=O) groups is 2. The minimum Gasteiger partial charge on any atom is -0.497 e. The summed E-state index contributed by atoms with van der Waals surface area (Å²) in [4.78, 5) is 37.2. The van der Waals surface area contributed by atoms with Gasteiger partial charge in [0.15, 0.2) is 5.78 Å². The summed E-state index contributed by atoms with van der Waals surface area (Å²) < 4.78 is 17.0. The molecule has 4 rings (SSSR count). The van der Waals surface area contributed by atoms with Crippen LogP contribution in [0, 0.1) is 10.1 Å². The van der Waals surface area contributed by atoms with Crippen LogP contribution in [0.3, 0.4) is 0 Å². The van der Waals surface area contributed by atoms with Crippen molar-refractivity contribution in [2.45, 2.75) is 6.04 Å². The average Bonchev–Trinajstić information content (AvgIpc) is 3.34. The van der Waals surface area contributed by atoms with E-state index in [1.165, 1.54) is 37.1 Å². The summed E-state index contributed by atoms with van der Waals surface area (Å²) in [5.74, 6) is -0.637. The maximum absolute atomic E-state index is 13.8. The van der Waals surface area contributed by atoms with Gasteiger partial charge in [0, 0.05) is 23.3 Å². The van der Waals surface area contributed by atoms with Gasteiger partial charge in [0.25, 0.3) is 5.69 Å². The van der Waals surface area contributed by atoms with Crippen LogP contribution in [0.4, 0.5) is 11.6 Å². The third-order valence-corrected chi connectivity index (χ3v) is 5.20. The first-order valence-electron chi connectivity index (χ1n) is 9.78. The fourth-order valence-corrected chi connectivity index (χ4v) is 3.65. The number of tetrazole rings is 1. The third-order valence-electron chi connectivity index (χ3n) is 5.20. The van der Waals surface area contributed by atoms with Gasteiger partial charge in [-0.15, -0.1) is 0 Å². The average molecular weight is 466 g/mol. The van der Waals surface area contributed by atoms with Gasteiger partial charge in [-0.25, -0.2) is 4.79 Å². The molecule has 0 radical (unpaired) electrons. The van der Waals surface area contributed by atoms with E-state index in [-0.39, 0.29) is 28.5 Å². The van der Waals surface area contributed by atoms with Gasteiger partial charge in [0.1, 0.15) is 23.2 Å². The van der Waals surface area contributed by atoms with Gasteiger partial charge < -0.3 is 19.5 Å². The molecule has 34 heavy (non-hydrogen) atoms. The molecule has 0 aliphatic carbocycles. The lowest BCUT2D eigenvalue weighted by atomic mass is 9.88. The Balaban J connectivity index is 2.00. The van der Waals surface area contributed by atoms with E-state index in [2.05, 4.69) is 20.8 Å². The quantitative estimate of drug-likeness (QED) is 0.234. The van der Waals surface area contributed by atoms with Crippen molar-refractivity contribution in [1.29, 1.82) is 0 Å². The molecule has 0 unspecified atom stereocenters. The van der Waals surface area contributed by atoms with E-state index < -0.39 is 22.7 Å². The summed E-state index contributed by atoms with van der Waals surface area (Å²) in [5, 5.41) is 25.5. The Morgan fingerprint density at radius 3 is 2.59 bits per heavy atom. The Morgan fingerprint density at radius 2 is 1.91 bits per heavy atom. The van der Waals surface area contributed by atoms with Crippen molar-refractivity contribution < 1.29 is 28.7 Å². The molecule has 1 aliphatic heterocycles. The minimum absolute atomic E-state index is 0.0178. The monoisotopic (exact) mass is 466 g/mol. The first-order valence-corrected chi connectivity index (χ1v) is 9.78. The molecule has 1 aliphatic rings. The van der Waals surface area contributed by atoms with Crippen LogP contribution in [0.2, 0.25) is 0 Å². The number of esters is 1. The second-order valence-corrected chi connectivity index (χ2v) is 7.00. The normalized spacial score (nSPS) is 14.6. The number of nitrogens with one attached hydrogen (secondary N) is 1. The number of ether oxygens (including phenoxy) is 3. The molecule has 0 fully saturated rings. The first-order chi connectivity index (χ1) is 16.4. The maximum Gasteiger partial charge on any atom is 0.355 e. The number of allylic oxidation sites excluding steroid dienone is 1. The van der Waals surface area contributed by atoms with Gasteiger partial charge in [0.2, 0.25) is 5.95 Å². The number of nitro groups is 1. The third kappa shape index (κ3) is 3.79. The number of ketones is 1. The van der Waals surface area contributed by atoms with Crippen molar-refractivity contribution in [3.05, 3.63) is 75.0 Å². The van der Waals surface area contributed by atoms with Crippen molar-refractivity contribution >= 4 is 23.4 Å². The van der Waals surface area contributed by atoms with Crippen molar-refractivity contribution in [2.24, 2.45) is 0 Å². The van der Waals surface area contributed by atoms with Gasteiger partial charge in [-0.3, -0.25) is 14.9 Å². The topological polar surface area (TPSA) is 161 Å². The molecule has 13 nitrogen and oxygen atoms in total. The number of hydrogen-bond donors (Lipinski definition) is 1. The van der Waals surface area contributed by atoms with Gasteiger partial charge in [-0.1, -0.05) is 17.2 Å². The van der Waals surface area contributed by atoms with E-state index in [0.717, 1.165) is 13.2 Å². The highest BCUT2D eigenvalue weighted by molar-refractivity contribution is 6.15. The number of carbonyl (C=O) groups excluding carboxylic acids is 2. The van der Waals surface area contributed by atoms with E-state index >= 15 is 0 Å². The van der Waals surface area contributed by atoms with Crippen LogP contribution in [0.5, 0.6) is 11.5 Å². The molecule has 0 amide bonds. The van der Waals surface area contributed by atoms with E-state index in [1.807, 2.05) is 0 Å². The molecule has 2 heterocycles. The molecule has 0 saturated carbocycles. The smallest absolute Gasteiger partial charge is 0.355 e. The van der Waals surface area contributed by atoms with Gasteiger partial charge in [0.05, 0.1) is 31.8 Å². The number of benzene rings is 2. The Bertz CT molecular complexity index is 1330. The van der Waals surface area contributed by atoms with Gasteiger partial charge >= 0.3 is 5.97 Å². The molecule has 1 atom stereocenters. The highest BCUT2D eigenvalue weighted by Crippen LogP contribution is 2.41. The first kappa shape index (κ1) is 22.4. The molecule has 3 aromatic rings. The number of nitro benzene ring substituents is 1. The molecule has 13 heteroatoms. The molecule has 0 spiro atoms. The van der Waals surface area contributed by atoms with Gasteiger partial charge in [-0.05, 0) is 28.6 Å². The van der Waals surface area contributed by atoms with Crippen molar-refractivity contribution in [3.8, 4) is 11.5 Å². The lowest BCUT2D eigenvalue weighted by Gasteiger charge is -2.29. The predicted octanol–water partition coefficient (Wildman–Crippen LogP) is 1.92. The molecule has 2 aromatic carbocycles. The number of non-ortho nitro benzene ring substituents is 1. The zero-order valence-electron chi connectivity index (χ0n) is 18.2. The van der Waals surface area contributed by atoms with Crippen LogP contribution in [-0.4, -0.2) is 58.2 Å². The Morgan fingerprint density at radius 1 is 1.12 bits per heavy atom. The zero-order chi connectivity index (χ0) is 24.4. The summed E-state index contributed by atoms with van der Waals surface area (Å²) in [6.45, 7) is 0. The molecule has 0 bridgehead atoms. The number of rotatable bonds is 7. The summed E-state index contributed by atoms with van der Waals surface area (Å²) in [6, 6.07) is 9.03. The van der Waals surface area contributed by atoms with Crippen LogP contribution in [0.15, 0.2) is 53.7 Å². The molecule has 1 N–H and O–H groups in total. The van der Waals surface area contributed by atoms with Crippen molar-refractivity contribution in [1.82, 2.24) is 20.2 Å². The molecule has 1 aromatic heterocycles. The molecular formula is C21H18N6O7. The van der Waals surface area contributed by atoms with Crippen LogP contribution in [0.1, 0.15) is 22.0 Å². The van der Waals surface area contributed by atoms with Gasteiger partial charge in [-0.2, -0.15) is 4.68 Å². The summed E-state index contributed by atoms with van der Waals surface area (Å²) in [5.41, 5.74) is -0.203. The predicted molar refractivity (Wildman–Crippen MR) is 116 cm³/mol. The highest BCUT2D eigenvalue weighted by Gasteiger charge is 2.40. The van der Waals surface area contributed by atoms with E-state index in [9.17, 15) is 19.7 Å². The summed E-state index contributed by atoms with van der Waals surface area (Å²) in [6.07, 6.45) is 0. The molecule has 0 saturated heterocycles. The highest BCUT2D eigenvalue weighted by atomic mass is 16.6. The maximum atomic E-state index is 13.8. The lowest BCUT2D eigenvalue weighted by molar-refractivity contribution is -0.384. The Kier molecular flexibility index (Phi) is 5.91. The number of aromatic nitrogens is 4. The standard InChI is InChI=1S/C21H18N6O7/c1-32-13-7-8-15(33-2)14(10-13)18-16(19(28)11-5-4-6-12(9-11)27(30)31)17(20(29)34-3)22-21-23-24-25-26(18)21/h4-10,18H,1-3H3,(H,22,23,25)/t18-/m0/s1. The number of methoxy groups -OCH3 is 3. The Hall–Kier alpha value is -4.81. The number of nitrogens with zero attached hydrogens (tertiary/aromatic N) is 5. The second-order valence-electron chi connectivity index (χ2n) is 7.00. The number of Topliss-reactive ketones (excluding diaryl/α,β-unsaturated/α-hetero) is 1. The number of anilines is 1. The van der Waals surface area contributed by atoms with Crippen LogP contribution >= 0.6 is 0 Å². The van der Waals surface area contributed by atoms with E-state index in [1.54, 1.807) is 18.2 Å². The zero-order valence-corrected chi connectivity index (χ0v) is 18.2. The van der Waals surface area contributed by atoms with Crippen LogP contribution < -0.4 is 14.8 Å². The molecule has 174 valence electrons. The number of fused-ring (bicyclic) bond motifs is 1. The van der Waals surface area contributed by atoms with E-state index in [4.69, 9.17) is 14.2 Å². The van der Waals surface area contributed by atoms with Crippen LogP contribution in [-0.2, 0) is 9.53 Å². The Labute approximate surface area is 192 Å². The fraction of sp³-hybridized carbons (Fsp3) is 0.190. The van der Waals surface area contributed by atoms with E-state index in [0.29, 0.717) is 17.1 Å². The fourth-order valence-electron chi connectivity index (χ4n) is 3.65. The van der Waals surface area contributed by atoms with Crippen LogP contribution in [0.25, 0.3) is 0 Å². The summed E-state index contributed by atoms with van der Waals surface area (Å²) >= 11 is 0. The lowest BCUT2D eigenvalue weighted by Crippen LogP contribution is -2.33. The van der Waals surface area contributed by atoms with Crippen molar-refractivity contribution in [2.75, 3.05) is 26.6 Å². The minimum atomic E-state index is -1.06. The summed E-state index contributed by atoms with van der Waals surface area (Å²) in [7, 11) is 4.08. The SMILES string of the molecule is COC(=O)C1=C(C(=O)c2cccc([N+](=O)[O-])c2)[C@H](c2cc(OC)ccc2OC)n2nnnc2N1. The molecular weight excluding hydrogens is 448 g/mol. The van der Waals surface area contributed by atoms with Crippen molar-refractivity contribution in [3.63, 3.8) is 0 Å². The second kappa shape index (κ2) is 8.97. The largest absolute Gasteiger partial charge is 0.497 e. The number of hydrogen-bond acceptors (Lipinski definition) is 11.